The fourth-order valence-electron chi connectivity index (χ4n) is 4.54. The van der Waals surface area contributed by atoms with E-state index >= 15 is 0 Å². The second-order valence-corrected chi connectivity index (χ2v) is 8.76. The molecule has 1 aliphatic heterocycles. The molecule has 2 aliphatic rings. The van der Waals surface area contributed by atoms with Crippen LogP contribution in [0.2, 0.25) is 5.02 Å². The molecular formula is C27H32ClN3O2. The molecule has 174 valence electrons. The summed E-state index contributed by atoms with van der Waals surface area (Å²) in [6.45, 7) is 9.29. The SMILES string of the molecule is CCN(CC)c1ccc(/C=C2/CCC(C(=O)Nc3ccc(Cl)cc3)=C2N2CCOCC2)cc1. The summed E-state index contributed by atoms with van der Waals surface area (Å²) in [6.07, 6.45) is 3.82. The molecule has 1 N–H and O–H groups in total. The monoisotopic (exact) mass is 465 g/mol. The van der Waals surface area contributed by atoms with Crippen LogP contribution in [0.15, 0.2) is 65.4 Å². The van der Waals surface area contributed by atoms with Gasteiger partial charge in [0.1, 0.15) is 0 Å². The van der Waals surface area contributed by atoms with Crippen molar-refractivity contribution in [1.82, 2.24) is 4.90 Å². The van der Waals surface area contributed by atoms with Gasteiger partial charge in [0.05, 0.1) is 13.2 Å². The summed E-state index contributed by atoms with van der Waals surface area (Å²) in [6, 6.07) is 15.9. The molecule has 33 heavy (non-hydrogen) atoms. The van der Waals surface area contributed by atoms with E-state index < -0.39 is 0 Å². The smallest absolute Gasteiger partial charge is 0.253 e. The summed E-state index contributed by atoms with van der Waals surface area (Å²) < 4.78 is 5.57. The largest absolute Gasteiger partial charge is 0.378 e. The third-order valence-corrected chi connectivity index (χ3v) is 6.55. The number of carbonyl (C=O) groups excluding carboxylic acids is 1. The van der Waals surface area contributed by atoms with Crippen LogP contribution in [-0.2, 0) is 9.53 Å². The number of halogens is 1. The van der Waals surface area contributed by atoms with E-state index in [0.29, 0.717) is 18.2 Å². The predicted molar refractivity (Wildman–Crippen MR) is 137 cm³/mol. The fraction of sp³-hybridized carbons (Fsp3) is 0.370. The van der Waals surface area contributed by atoms with Crippen molar-refractivity contribution in [3.05, 3.63) is 76.0 Å². The molecule has 1 aliphatic carbocycles. The van der Waals surface area contributed by atoms with Crippen molar-refractivity contribution < 1.29 is 9.53 Å². The quantitative estimate of drug-likeness (QED) is 0.579. The molecule has 1 saturated heterocycles. The van der Waals surface area contributed by atoms with Crippen molar-refractivity contribution in [2.24, 2.45) is 0 Å². The van der Waals surface area contributed by atoms with E-state index in [-0.39, 0.29) is 5.91 Å². The van der Waals surface area contributed by atoms with Gasteiger partial charge in [-0.15, -0.1) is 0 Å². The lowest BCUT2D eigenvalue weighted by Gasteiger charge is -2.31. The Hall–Kier alpha value is -2.76. The van der Waals surface area contributed by atoms with E-state index in [1.807, 2.05) is 12.1 Å². The number of ether oxygens (including phenoxy) is 1. The number of anilines is 2. The number of nitrogens with one attached hydrogen (secondary N) is 1. The number of carbonyl (C=O) groups is 1. The minimum Gasteiger partial charge on any atom is -0.378 e. The van der Waals surface area contributed by atoms with Gasteiger partial charge in [0.15, 0.2) is 0 Å². The number of morpholine rings is 1. The Morgan fingerprint density at radius 3 is 2.33 bits per heavy atom. The summed E-state index contributed by atoms with van der Waals surface area (Å²) in [5, 5.41) is 3.70. The maximum Gasteiger partial charge on any atom is 0.253 e. The first-order valence-corrected chi connectivity index (χ1v) is 12.2. The topological polar surface area (TPSA) is 44.8 Å². The van der Waals surface area contributed by atoms with Crippen molar-refractivity contribution in [1.29, 1.82) is 0 Å². The molecule has 2 aromatic carbocycles. The zero-order valence-corrected chi connectivity index (χ0v) is 20.2. The lowest BCUT2D eigenvalue weighted by Crippen LogP contribution is -2.36. The summed E-state index contributed by atoms with van der Waals surface area (Å²) in [5.41, 5.74) is 6.28. The Bertz CT molecular complexity index is 1020. The molecule has 0 radical (unpaired) electrons. The Labute approximate surface area is 201 Å². The van der Waals surface area contributed by atoms with E-state index in [0.717, 1.165) is 61.5 Å². The Balaban J connectivity index is 1.62. The zero-order valence-electron chi connectivity index (χ0n) is 19.4. The van der Waals surface area contributed by atoms with Gasteiger partial charge in [0, 0.05) is 53.8 Å². The molecule has 6 heteroatoms. The third-order valence-electron chi connectivity index (χ3n) is 6.30. The molecule has 5 nitrogen and oxygen atoms in total. The van der Waals surface area contributed by atoms with E-state index in [9.17, 15) is 4.79 Å². The standard InChI is InChI=1S/C27H32ClN3O2/c1-3-30(4-2)24-12-5-20(6-13-24)19-21-7-14-25(26(21)31-15-17-33-18-16-31)27(32)29-23-10-8-22(28)9-11-23/h5-6,8-13,19H,3-4,7,14-18H2,1-2H3,(H,29,32)/b21-19-. The minimum absolute atomic E-state index is 0.0425. The van der Waals surface area contributed by atoms with Crippen molar-refractivity contribution >= 4 is 35.0 Å². The highest BCUT2D eigenvalue weighted by Crippen LogP contribution is 2.36. The molecule has 0 aromatic heterocycles. The van der Waals surface area contributed by atoms with Gasteiger partial charge in [-0.25, -0.2) is 0 Å². The molecular weight excluding hydrogens is 434 g/mol. The number of allylic oxidation sites excluding steroid dienone is 1. The molecule has 0 unspecified atom stereocenters. The third kappa shape index (κ3) is 5.60. The van der Waals surface area contributed by atoms with Gasteiger partial charge in [-0.05, 0) is 80.3 Å². The molecule has 0 atom stereocenters. The van der Waals surface area contributed by atoms with Crippen LogP contribution in [0.25, 0.3) is 6.08 Å². The average molecular weight is 466 g/mol. The van der Waals surface area contributed by atoms with Crippen LogP contribution in [0.4, 0.5) is 11.4 Å². The number of rotatable bonds is 7. The second-order valence-electron chi connectivity index (χ2n) is 8.32. The van der Waals surface area contributed by atoms with Crippen molar-refractivity contribution in [3.63, 3.8) is 0 Å². The number of hydrogen-bond donors (Lipinski definition) is 1. The Morgan fingerprint density at radius 2 is 1.70 bits per heavy atom. The first kappa shape index (κ1) is 23.4. The highest BCUT2D eigenvalue weighted by molar-refractivity contribution is 6.30. The minimum atomic E-state index is -0.0425. The summed E-state index contributed by atoms with van der Waals surface area (Å²) in [5.74, 6) is -0.0425. The maximum atomic E-state index is 13.2. The second kappa shape index (κ2) is 10.9. The molecule has 2 aromatic rings. The highest BCUT2D eigenvalue weighted by Gasteiger charge is 2.29. The summed E-state index contributed by atoms with van der Waals surface area (Å²) in [4.78, 5) is 17.9. The van der Waals surface area contributed by atoms with Crippen LogP contribution in [0.5, 0.6) is 0 Å². The van der Waals surface area contributed by atoms with Crippen LogP contribution >= 0.6 is 11.6 Å². The van der Waals surface area contributed by atoms with Gasteiger partial charge in [0.2, 0.25) is 0 Å². The van der Waals surface area contributed by atoms with Gasteiger partial charge < -0.3 is 19.9 Å². The molecule has 0 spiro atoms. The first-order chi connectivity index (χ1) is 16.1. The van der Waals surface area contributed by atoms with Gasteiger partial charge >= 0.3 is 0 Å². The van der Waals surface area contributed by atoms with E-state index in [1.165, 1.54) is 11.3 Å². The first-order valence-electron chi connectivity index (χ1n) is 11.8. The van der Waals surface area contributed by atoms with Gasteiger partial charge in [0.25, 0.3) is 5.91 Å². The number of benzene rings is 2. The average Bonchev–Trinajstić information content (AvgIpc) is 3.26. The molecule has 0 bridgehead atoms. The summed E-state index contributed by atoms with van der Waals surface area (Å²) >= 11 is 5.99. The number of hydrogen-bond acceptors (Lipinski definition) is 4. The van der Waals surface area contributed by atoms with Gasteiger partial charge in [-0.3, -0.25) is 4.79 Å². The van der Waals surface area contributed by atoms with Gasteiger partial charge in [-0.1, -0.05) is 23.7 Å². The molecule has 1 amide bonds. The van der Waals surface area contributed by atoms with E-state index in [4.69, 9.17) is 16.3 Å². The van der Waals surface area contributed by atoms with Crippen LogP contribution in [0, 0.1) is 0 Å². The lowest BCUT2D eigenvalue weighted by atomic mass is 10.1. The normalized spacial score (nSPS) is 17.5. The predicted octanol–water partition coefficient (Wildman–Crippen LogP) is 5.59. The number of nitrogens with zero attached hydrogens (tertiary/aromatic N) is 2. The van der Waals surface area contributed by atoms with Crippen molar-refractivity contribution in [2.45, 2.75) is 26.7 Å². The Morgan fingerprint density at radius 1 is 1.03 bits per heavy atom. The molecule has 1 heterocycles. The van der Waals surface area contributed by atoms with Crippen LogP contribution < -0.4 is 10.2 Å². The van der Waals surface area contributed by atoms with Crippen LogP contribution in [-0.4, -0.2) is 50.2 Å². The van der Waals surface area contributed by atoms with Gasteiger partial charge in [-0.2, -0.15) is 0 Å². The lowest BCUT2D eigenvalue weighted by molar-refractivity contribution is -0.113. The van der Waals surface area contributed by atoms with Crippen LogP contribution in [0.1, 0.15) is 32.3 Å². The van der Waals surface area contributed by atoms with E-state index in [1.54, 1.807) is 12.1 Å². The van der Waals surface area contributed by atoms with E-state index in [2.05, 4.69) is 59.3 Å². The van der Waals surface area contributed by atoms with Crippen molar-refractivity contribution in [2.75, 3.05) is 49.6 Å². The fourth-order valence-corrected chi connectivity index (χ4v) is 4.67. The molecule has 0 saturated carbocycles. The van der Waals surface area contributed by atoms with Crippen LogP contribution in [0.3, 0.4) is 0 Å². The number of amides is 1. The van der Waals surface area contributed by atoms with Crippen molar-refractivity contribution in [3.8, 4) is 0 Å². The Kier molecular flexibility index (Phi) is 7.73. The molecule has 4 rings (SSSR count). The molecule has 1 fully saturated rings. The maximum absolute atomic E-state index is 13.2. The summed E-state index contributed by atoms with van der Waals surface area (Å²) in [7, 11) is 0. The zero-order chi connectivity index (χ0) is 23.2. The highest BCUT2D eigenvalue weighted by atomic mass is 35.5.